The number of nitrogens with two attached hydrogens (primary N) is 1. The Morgan fingerprint density at radius 3 is 2.22 bits per heavy atom. The summed E-state index contributed by atoms with van der Waals surface area (Å²) in [5.74, 6) is -1.64. The second-order valence-corrected chi connectivity index (χ2v) is 10.6. The van der Waals surface area contributed by atoms with Crippen molar-refractivity contribution in [2.75, 3.05) is 0 Å². The number of aromatic hydroxyl groups is 1. The molecule has 10 nitrogen and oxygen atoms in total. The average molecular weight is 505 g/mol. The van der Waals surface area contributed by atoms with Crippen molar-refractivity contribution in [3.05, 3.63) is 29.8 Å². The van der Waals surface area contributed by atoms with E-state index in [1.54, 1.807) is 32.9 Å². The van der Waals surface area contributed by atoms with Gasteiger partial charge < -0.3 is 31.1 Å². The molecule has 1 aliphatic carbocycles. The fourth-order valence-electron chi connectivity index (χ4n) is 4.13. The minimum Gasteiger partial charge on any atom is -0.508 e. The minimum atomic E-state index is -1.31. The molecule has 10 heteroatoms. The number of primary amides is 1. The van der Waals surface area contributed by atoms with Gasteiger partial charge in [-0.25, -0.2) is 4.79 Å². The molecule has 5 unspecified atom stereocenters. The molecule has 1 aromatic carbocycles. The van der Waals surface area contributed by atoms with Gasteiger partial charge in [-0.3, -0.25) is 14.4 Å². The Hall–Kier alpha value is -3.30. The molecule has 5 atom stereocenters. The standard InChI is InChI=1S/C26H40N4O6/c1-7-8-16(3)28-23(33)22(17-9-11-18(31)12-10-17)30(20-13-15(20)2)24(34)19(14-21(27)32)29-25(35)36-26(4,5)6/h9-12,15-16,19-20,22,31H,7-8,13-14H2,1-6H3,(H2,27,32)(H,28,33)(H,29,35). The highest BCUT2D eigenvalue weighted by Gasteiger charge is 2.48. The summed E-state index contributed by atoms with van der Waals surface area (Å²) < 4.78 is 5.28. The van der Waals surface area contributed by atoms with Crippen LogP contribution in [0.4, 0.5) is 4.79 Å². The van der Waals surface area contributed by atoms with E-state index in [4.69, 9.17) is 10.5 Å². The number of amides is 4. The molecule has 0 heterocycles. The van der Waals surface area contributed by atoms with Crippen LogP contribution in [0.2, 0.25) is 0 Å². The van der Waals surface area contributed by atoms with E-state index >= 15 is 0 Å². The van der Waals surface area contributed by atoms with Crippen LogP contribution in [0.3, 0.4) is 0 Å². The predicted molar refractivity (Wildman–Crippen MR) is 135 cm³/mol. The Balaban J connectivity index is 2.48. The van der Waals surface area contributed by atoms with E-state index in [1.165, 1.54) is 17.0 Å². The third-order valence-corrected chi connectivity index (χ3v) is 5.92. The zero-order valence-corrected chi connectivity index (χ0v) is 22.0. The molecule has 36 heavy (non-hydrogen) atoms. The molecule has 0 spiro atoms. The van der Waals surface area contributed by atoms with Crippen LogP contribution in [-0.2, 0) is 19.1 Å². The summed E-state index contributed by atoms with van der Waals surface area (Å²) in [6.07, 6.45) is 0.966. The van der Waals surface area contributed by atoms with Crippen LogP contribution < -0.4 is 16.4 Å². The topological polar surface area (TPSA) is 151 Å². The molecule has 5 N–H and O–H groups in total. The Morgan fingerprint density at radius 1 is 1.17 bits per heavy atom. The lowest BCUT2D eigenvalue weighted by Gasteiger charge is -2.35. The van der Waals surface area contributed by atoms with E-state index in [9.17, 15) is 24.3 Å². The van der Waals surface area contributed by atoms with Gasteiger partial charge in [0, 0.05) is 12.1 Å². The first-order valence-corrected chi connectivity index (χ1v) is 12.4. The molecule has 2 rings (SSSR count). The number of nitrogens with one attached hydrogen (secondary N) is 2. The van der Waals surface area contributed by atoms with E-state index in [-0.39, 0.29) is 29.7 Å². The van der Waals surface area contributed by atoms with Crippen LogP contribution >= 0.6 is 0 Å². The molecular formula is C26H40N4O6. The summed E-state index contributed by atoms with van der Waals surface area (Å²) in [6.45, 7) is 10.9. The number of carbonyl (C=O) groups excluding carboxylic acids is 4. The van der Waals surface area contributed by atoms with Gasteiger partial charge in [-0.2, -0.15) is 0 Å². The highest BCUT2D eigenvalue weighted by Crippen LogP contribution is 2.41. The number of alkyl carbamates (subject to hydrolysis) is 1. The highest BCUT2D eigenvalue weighted by atomic mass is 16.6. The number of benzene rings is 1. The van der Waals surface area contributed by atoms with Crippen LogP contribution in [0.1, 0.15) is 78.8 Å². The van der Waals surface area contributed by atoms with Gasteiger partial charge in [-0.15, -0.1) is 0 Å². The SMILES string of the molecule is CCCC(C)NC(=O)C(c1ccc(O)cc1)N(C(=O)C(CC(N)=O)NC(=O)OC(C)(C)C)C1CC1C. The Kier molecular flexibility index (Phi) is 9.72. The van der Waals surface area contributed by atoms with E-state index < -0.39 is 42.0 Å². The molecular weight excluding hydrogens is 464 g/mol. The minimum absolute atomic E-state index is 0.0214. The Bertz CT molecular complexity index is 943. The molecule has 0 saturated heterocycles. The van der Waals surface area contributed by atoms with Gasteiger partial charge in [0.2, 0.25) is 17.7 Å². The number of carbonyl (C=O) groups is 4. The number of rotatable bonds is 11. The number of hydrogen-bond donors (Lipinski definition) is 4. The highest BCUT2D eigenvalue weighted by molar-refractivity contribution is 5.95. The number of hydrogen-bond acceptors (Lipinski definition) is 6. The second-order valence-electron chi connectivity index (χ2n) is 10.6. The monoisotopic (exact) mass is 504 g/mol. The van der Waals surface area contributed by atoms with Gasteiger partial charge >= 0.3 is 6.09 Å². The molecule has 1 aromatic rings. The maximum absolute atomic E-state index is 13.9. The zero-order chi connectivity index (χ0) is 27.2. The lowest BCUT2D eigenvalue weighted by atomic mass is 10.0. The van der Waals surface area contributed by atoms with E-state index in [1.807, 2.05) is 20.8 Å². The molecule has 1 aliphatic rings. The lowest BCUT2D eigenvalue weighted by molar-refractivity contribution is -0.144. The number of ether oxygens (including phenoxy) is 1. The fourth-order valence-corrected chi connectivity index (χ4v) is 4.13. The van der Waals surface area contributed by atoms with E-state index in [0.29, 0.717) is 12.0 Å². The van der Waals surface area contributed by atoms with Crippen molar-refractivity contribution in [2.24, 2.45) is 11.7 Å². The van der Waals surface area contributed by atoms with E-state index in [2.05, 4.69) is 10.6 Å². The summed E-state index contributed by atoms with van der Waals surface area (Å²) in [7, 11) is 0. The summed E-state index contributed by atoms with van der Waals surface area (Å²) in [5, 5.41) is 15.2. The number of phenols is 1. The van der Waals surface area contributed by atoms with Crippen LogP contribution in [-0.4, -0.2) is 57.5 Å². The molecule has 0 bridgehead atoms. The van der Waals surface area contributed by atoms with Gasteiger partial charge in [0.1, 0.15) is 23.4 Å². The quantitative estimate of drug-likeness (QED) is 0.364. The first-order valence-electron chi connectivity index (χ1n) is 12.4. The Labute approximate surface area is 212 Å². The van der Waals surface area contributed by atoms with Gasteiger partial charge in [-0.05, 0) is 64.2 Å². The lowest BCUT2D eigenvalue weighted by Crippen LogP contribution is -2.55. The third-order valence-electron chi connectivity index (χ3n) is 5.92. The molecule has 1 fully saturated rings. The zero-order valence-electron chi connectivity index (χ0n) is 22.0. The van der Waals surface area contributed by atoms with Crippen molar-refractivity contribution in [2.45, 2.75) is 97.0 Å². The van der Waals surface area contributed by atoms with Gasteiger partial charge in [-0.1, -0.05) is 32.4 Å². The van der Waals surface area contributed by atoms with Gasteiger partial charge in [0.05, 0.1) is 6.42 Å². The predicted octanol–water partition coefficient (Wildman–Crippen LogP) is 2.74. The summed E-state index contributed by atoms with van der Waals surface area (Å²) in [6, 6.07) is 3.31. The third kappa shape index (κ3) is 8.42. The van der Waals surface area contributed by atoms with Crippen molar-refractivity contribution in [3.63, 3.8) is 0 Å². The molecule has 1 saturated carbocycles. The van der Waals surface area contributed by atoms with E-state index in [0.717, 1.165) is 12.8 Å². The molecule has 200 valence electrons. The van der Waals surface area contributed by atoms with Gasteiger partial charge in [0.25, 0.3) is 0 Å². The molecule has 4 amide bonds. The summed E-state index contributed by atoms with van der Waals surface area (Å²) in [4.78, 5) is 53.3. The number of nitrogens with zero attached hydrogens (tertiary/aromatic N) is 1. The second kappa shape index (κ2) is 12.1. The smallest absolute Gasteiger partial charge is 0.408 e. The first kappa shape index (κ1) is 28.9. The summed E-state index contributed by atoms with van der Waals surface area (Å²) >= 11 is 0. The van der Waals surface area contributed by atoms with Crippen LogP contribution in [0, 0.1) is 5.92 Å². The van der Waals surface area contributed by atoms with Crippen LogP contribution in [0.5, 0.6) is 5.75 Å². The van der Waals surface area contributed by atoms with Crippen LogP contribution in [0.15, 0.2) is 24.3 Å². The maximum atomic E-state index is 13.9. The van der Waals surface area contributed by atoms with Crippen molar-refractivity contribution < 1.29 is 29.0 Å². The largest absolute Gasteiger partial charge is 0.508 e. The molecule has 0 aromatic heterocycles. The average Bonchev–Trinajstić information content (AvgIpc) is 3.46. The first-order chi connectivity index (χ1) is 16.7. The normalized spacial score (nSPS) is 19.4. The van der Waals surface area contributed by atoms with Crippen molar-refractivity contribution in [3.8, 4) is 5.75 Å². The van der Waals surface area contributed by atoms with Crippen molar-refractivity contribution in [1.82, 2.24) is 15.5 Å². The maximum Gasteiger partial charge on any atom is 0.408 e. The fraction of sp³-hybridized carbons (Fsp3) is 0.615. The van der Waals surface area contributed by atoms with Crippen LogP contribution in [0.25, 0.3) is 0 Å². The summed E-state index contributed by atoms with van der Waals surface area (Å²) in [5.41, 5.74) is 5.08. The molecule has 0 aliphatic heterocycles. The van der Waals surface area contributed by atoms with Crippen molar-refractivity contribution >= 4 is 23.8 Å². The Morgan fingerprint density at radius 2 is 1.75 bits per heavy atom. The van der Waals surface area contributed by atoms with Gasteiger partial charge in [0.15, 0.2) is 0 Å². The molecule has 0 radical (unpaired) electrons. The van der Waals surface area contributed by atoms with Crippen molar-refractivity contribution in [1.29, 1.82) is 0 Å². The number of phenolic OH excluding ortho intramolecular Hbond substituents is 1.